The summed E-state index contributed by atoms with van der Waals surface area (Å²) in [5.41, 5.74) is 0.970. The van der Waals surface area contributed by atoms with Gasteiger partial charge in [0.05, 0.1) is 4.90 Å². The fraction of sp³-hybridized carbons (Fsp3) is 0.143. The van der Waals surface area contributed by atoms with Gasteiger partial charge in [-0.1, -0.05) is 17.7 Å². The second-order valence-corrected chi connectivity index (χ2v) is 5.38. The maximum atomic E-state index is 11.2. The SMILES string of the molecule is Cc1ccc(S(=O)(=O)O[I+]O)cc1. The molecule has 1 rings (SSSR count). The van der Waals surface area contributed by atoms with Gasteiger partial charge in [0, 0.05) is 2.51 Å². The number of rotatable bonds is 3. The summed E-state index contributed by atoms with van der Waals surface area (Å²) in [7, 11) is -3.73. The molecule has 6 heteroatoms. The molecule has 1 N–H and O–H groups in total. The van der Waals surface area contributed by atoms with Gasteiger partial charge in [0.2, 0.25) is 0 Å². The highest BCUT2D eigenvalue weighted by Gasteiger charge is 2.24. The van der Waals surface area contributed by atoms with Gasteiger partial charge < -0.3 is 0 Å². The van der Waals surface area contributed by atoms with Crippen LogP contribution in [0.25, 0.3) is 0 Å². The second-order valence-electron chi connectivity index (χ2n) is 2.40. The summed E-state index contributed by atoms with van der Waals surface area (Å²) in [6.45, 7) is 1.86. The van der Waals surface area contributed by atoms with Gasteiger partial charge in [-0.3, -0.25) is 0 Å². The molecular formula is C7H8IO4S+. The Morgan fingerprint density at radius 2 is 1.85 bits per heavy atom. The molecule has 0 atom stereocenters. The van der Waals surface area contributed by atoms with Gasteiger partial charge >= 0.3 is 32.2 Å². The number of hydrogen-bond donors (Lipinski definition) is 1. The molecule has 0 heterocycles. The lowest BCUT2D eigenvalue weighted by Gasteiger charge is -1.95. The molecule has 1 aromatic rings. The normalized spacial score (nSPS) is 11.5. The second kappa shape index (κ2) is 4.36. The van der Waals surface area contributed by atoms with Crippen molar-refractivity contribution in [3.63, 3.8) is 0 Å². The van der Waals surface area contributed by atoms with Gasteiger partial charge in [-0.15, -0.1) is 3.44 Å². The monoisotopic (exact) mass is 315 g/mol. The molecule has 4 nitrogen and oxygen atoms in total. The van der Waals surface area contributed by atoms with E-state index in [9.17, 15) is 8.42 Å². The van der Waals surface area contributed by atoms with E-state index in [1.54, 1.807) is 12.1 Å². The van der Waals surface area contributed by atoms with Crippen molar-refractivity contribution >= 4 is 10.1 Å². The molecule has 72 valence electrons. The molecule has 0 saturated carbocycles. The Morgan fingerprint density at radius 1 is 1.31 bits per heavy atom. The van der Waals surface area contributed by atoms with Crippen molar-refractivity contribution in [3.8, 4) is 0 Å². The molecule has 0 aliphatic heterocycles. The predicted molar refractivity (Wildman–Crippen MR) is 41.7 cm³/mol. The van der Waals surface area contributed by atoms with E-state index in [2.05, 4.69) is 2.51 Å². The molecule has 0 spiro atoms. The zero-order valence-electron chi connectivity index (χ0n) is 6.77. The maximum absolute atomic E-state index is 11.2. The minimum Gasteiger partial charge on any atom is -0.190 e. The average molecular weight is 315 g/mol. The molecule has 0 fully saturated rings. The van der Waals surface area contributed by atoms with Crippen LogP contribution in [0.1, 0.15) is 5.56 Å². The number of hydrogen-bond acceptors (Lipinski definition) is 4. The van der Waals surface area contributed by atoms with Crippen molar-refractivity contribution in [3.05, 3.63) is 29.8 Å². The highest BCUT2D eigenvalue weighted by atomic mass is 127. The lowest BCUT2D eigenvalue weighted by atomic mass is 10.2. The van der Waals surface area contributed by atoms with Crippen molar-refractivity contribution in [1.29, 1.82) is 0 Å². The lowest BCUT2D eigenvalue weighted by molar-refractivity contribution is -1.04. The highest BCUT2D eigenvalue weighted by molar-refractivity contribution is 7.86. The van der Waals surface area contributed by atoms with Crippen molar-refractivity contribution in [2.45, 2.75) is 11.8 Å². The molecule has 0 aromatic heterocycles. The largest absolute Gasteiger partial charge is 0.720 e. The third-order valence-electron chi connectivity index (χ3n) is 1.42. The molecule has 0 aliphatic rings. The van der Waals surface area contributed by atoms with E-state index in [1.807, 2.05) is 6.92 Å². The Morgan fingerprint density at radius 3 is 2.31 bits per heavy atom. The summed E-state index contributed by atoms with van der Waals surface area (Å²) >= 11 is -1.70. The van der Waals surface area contributed by atoms with Crippen LogP contribution in [0.3, 0.4) is 0 Å². The summed E-state index contributed by atoms with van der Waals surface area (Å²) in [5, 5.41) is 0. The van der Waals surface area contributed by atoms with Gasteiger partial charge in [-0.05, 0) is 19.1 Å². The summed E-state index contributed by atoms with van der Waals surface area (Å²) in [6, 6.07) is 6.24. The first-order valence-corrected chi connectivity index (χ1v) is 6.60. The van der Waals surface area contributed by atoms with Crippen LogP contribution >= 0.6 is 0 Å². The summed E-state index contributed by atoms with van der Waals surface area (Å²) in [6.07, 6.45) is 0. The van der Waals surface area contributed by atoms with Crippen LogP contribution in [0.4, 0.5) is 0 Å². The molecule has 0 radical (unpaired) electrons. The van der Waals surface area contributed by atoms with Crippen LogP contribution in [0.2, 0.25) is 0 Å². The van der Waals surface area contributed by atoms with Crippen LogP contribution in [0, 0.1) is 6.92 Å². The fourth-order valence-electron chi connectivity index (χ4n) is 0.778. The first kappa shape index (κ1) is 10.9. The van der Waals surface area contributed by atoms with Crippen LogP contribution in [0.15, 0.2) is 29.2 Å². The first-order chi connectivity index (χ1) is 6.06. The molecule has 0 amide bonds. The van der Waals surface area contributed by atoms with Crippen molar-refractivity contribution in [2.24, 2.45) is 0 Å². The Labute approximate surface area is 88.0 Å². The molecule has 0 saturated heterocycles. The minimum atomic E-state index is -3.73. The maximum Gasteiger partial charge on any atom is 0.720 e. The molecule has 0 bridgehead atoms. The zero-order valence-corrected chi connectivity index (χ0v) is 9.74. The zero-order chi connectivity index (χ0) is 9.90. The highest BCUT2D eigenvalue weighted by Crippen LogP contribution is 2.10. The van der Waals surface area contributed by atoms with E-state index < -0.39 is 32.2 Å². The lowest BCUT2D eigenvalue weighted by Crippen LogP contribution is -3.61. The molecule has 13 heavy (non-hydrogen) atoms. The Balaban J connectivity index is 3.02. The van der Waals surface area contributed by atoms with Gasteiger partial charge in [0.25, 0.3) is 0 Å². The molecule has 1 aromatic carbocycles. The molecular weight excluding hydrogens is 307 g/mol. The van der Waals surface area contributed by atoms with Crippen molar-refractivity contribution in [2.75, 3.05) is 0 Å². The number of aryl methyl sites for hydroxylation is 1. The van der Waals surface area contributed by atoms with Crippen LogP contribution in [-0.2, 0) is 12.6 Å². The van der Waals surface area contributed by atoms with E-state index in [4.69, 9.17) is 3.44 Å². The Hall–Kier alpha value is -0.180. The van der Waals surface area contributed by atoms with Gasteiger partial charge in [-0.25, -0.2) is 0 Å². The quantitative estimate of drug-likeness (QED) is 0.633. The molecule has 0 unspecified atom stereocenters. The minimum absolute atomic E-state index is 0.0758. The van der Waals surface area contributed by atoms with Crippen molar-refractivity contribution in [1.82, 2.24) is 0 Å². The fourth-order valence-corrected chi connectivity index (χ4v) is 2.65. The number of benzene rings is 1. The van der Waals surface area contributed by atoms with Crippen LogP contribution in [-0.4, -0.2) is 11.9 Å². The van der Waals surface area contributed by atoms with Gasteiger partial charge in [-0.2, -0.15) is 8.42 Å². The van der Waals surface area contributed by atoms with Crippen molar-refractivity contribution < 1.29 is 36.4 Å². The van der Waals surface area contributed by atoms with Crippen LogP contribution < -0.4 is 22.0 Å². The Bertz CT molecular complexity index is 370. The summed E-state index contributed by atoms with van der Waals surface area (Å²) in [5.74, 6) is 0. The van der Waals surface area contributed by atoms with E-state index >= 15 is 0 Å². The van der Waals surface area contributed by atoms with Gasteiger partial charge in [0.1, 0.15) is 0 Å². The van der Waals surface area contributed by atoms with Gasteiger partial charge in [0.15, 0.2) is 0 Å². The third-order valence-corrected chi connectivity index (χ3v) is 4.40. The smallest absolute Gasteiger partial charge is 0.190 e. The Kier molecular flexibility index (Phi) is 3.65. The topological polar surface area (TPSA) is 63.6 Å². The predicted octanol–water partition coefficient (Wildman–Crippen LogP) is -2.39. The number of halogens is 1. The van der Waals surface area contributed by atoms with Crippen LogP contribution in [0.5, 0.6) is 0 Å². The molecule has 0 aliphatic carbocycles. The summed E-state index contributed by atoms with van der Waals surface area (Å²) in [4.78, 5) is 0.0758. The summed E-state index contributed by atoms with van der Waals surface area (Å²) < 4.78 is 35.1. The van der Waals surface area contributed by atoms with E-state index in [1.165, 1.54) is 12.1 Å². The van der Waals surface area contributed by atoms with E-state index in [0.717, 1.165) is 5.56 Å². The van der Waals surface area contributed by atoms with E-state index in [0.29, 0.717) is 0 Å². The van der Waals surface area contributed by atoms with E-state index in [-0.39, 0.29) is 4.90 Å². The third kappa shape index (κ3) is 2.90. The average Bonchev–Trinajstić information content (AvgIpc) is 2.05. The first-order valence-electron chi connectivity index (χ1n) is 3.35. The standard InChI is InChI=1S/C7H8IO4S/c1-6-2-4-7(5-3-6)13(10,11)12-8-9/h2-5,9H,1H3/q+1.